The molecule has 2 N–H and O–H groups in total. The molecule has 0 aliphatic heterocycles. The Morgan fingerprint density at radius 3 is 2.88 bits per heavy atom. The highest BCUT2D eigenvalue weighted by Crippen LogP contribution is 2.29. The van der Waals surface area contributed by atoms with Crippen molar-refractivity contribution < 1.29 is 8.91 Å². The van der Waals surface area contributed by atoms with Crippen molar-refractivity contribution in [3.8, 4) is 11.3 Å². The van der Waals surface area contributed by atoms with Crippen molar-refractivity contribution in [2.45, 2.75) is 13.3 Å². The van der Waals surface area contributed by atoms with E-state index in [2.05, 4.69) is 5.16 Å². The van der Waals surface area contributed by atoms with Gasteiger partial charge in [0.1, 0.15) is 11.5 Å². The zero-order chi connectivity index (χ0) is 11.7. The number of benzene rings is 1. The van der Waals surface area contributed by atoms with Gasteiger partial charge in [-0.1, -0.05) is 29.7 Å². The lowest BCUT2D eigenvalue weighted by Crippen LogP contribution is -1.90. The van der Waals surface area contributed by atoms with Crippen LogP contribution in [0.1, 0.15) is 12.5 Å². The van der Waals surface area contributed by atoms with Gasteiger partial charge in [0.2, 0.25) is 5.88 Å². The molecule has 1 aromatic heterocycles. The molecule has 0 fully saturated rings. The highest BCUT2D eigenvalue weighted by atomic mass is 35.5. The van der Waals surface area contributed by atoms with Crippen molar-refractivity contribution >= 4 is 17.5 Å². The van der Waals surface area contributed by atoms with Crippen LogP contribution in [0.5, 0.6) is 0 Å². The molecule has 0 aliphatic rings. The maximum absolute atomic E-state index is 13.3. The predicted molar refractivity (Wildman–Crippen MR) is 60.7 cm³/mol. The second-order valence-electron chi connectivity index (χ2n) is 3.36. The average Bonchev–Trinajstić information content (AvgIpc) is 2.63. The van der Waals surface area contributed by atoms with Crippen LogP contribution in [0.25, 0.3) is 11.3 Å². The Balaban J connectivity index is 2.54. The molecule has 5 heteroatoms. The fourth-order valence-electron chi connectivity index (χ4n) is 1.53. The second kappa shape index (κ2) is 4.14. The van der Waals surface area contributed by atoms with E-state index in [9.17, 15) is 4.39 Å². The number of hydrogen-bond acceptors (Lipinski definition) is 3. The molecule has 2 aromatic rings. The summed E-state index contributed by atoms with van der Waals surface area (Å²) in [5, 5.41) is 3.90. The van der Waals surface area contributed by atoms with Gasteiger partial charge in [0.25, 0.3) is 0 Å². The number of rotatable bonds is 2. The molecule has 1 aromatic carbocycles. The van der Waals surface area contributed by atoms with Crippen molar-refractivity contribution in [3.63, 3.8) is 0 Å². The summed E-state index contributed by atoms with van der Waals surface area (Å²) < 4.78 is 18.2. The van der Waals surface area contributed by atoms with Gasteiger partial charge in [-0.3, -0.25) is 0 Å². The summed E-state index contributed by atoms with van der Waals surface area (Å²) in [6.07, 6.45) is 0.676. The van der Waals surface area contributed by atoms with E-state index in [1.807, 2.05) is 6.92 Å². The van der Waals surface area contributed by atoms with Gasteiger partial charge in [0.05, 0.1) is 5.02 Å². The largest absolute Gasteiger partial charge is 0.367 e. The van der Waals surface area contributed by atoms with E-state index in [0.29, 0.717) is 17.7 Å². The monoisotopic (exact) mass is 240 g/mol. The van der Waals surface area contributed by atoms with Gasteiger partial charge < -0.3 is 10.3 Å². The molecule has 0 atom stereocenters. The first-order chi connectivity index (χ1) is 7.63. The van der Waals surface area contributed by atoms with Crippen molar-refractivity contribution in [1.29, 1.82) is 0 Å². The van der Waals surface area contributed by atoms with Gasteiger partial charge in [-0.2, -0.15) is 0 Å². The number of aromatic nitrogens is 1. The lowest BCUT2D eigenvalue weighted by atomic mass is 10.1. The molecule has 0 amide bonds. The van der Waals surface area contributed by atoms with E-state index in [1.54, 1.807) is 6.07 Å². The van der Waals surface area contributed by atoms with Crippen LogP contribution in [0.15, 0.2) is 22.7 Å². The van der Waals surface area contributed by atoms with E-state index >= 15 is 0 Å². The minimum Gasteiger partial charge on any atom is -0.367 e. The standard InChI is InChI=1S/C11H10ClFN2O/c1-2-7-10(15-16-11(7)14)6-3-4-8(12)9(13)5-6/h3-5H,2,14H2,1H3. The van der Waals surface area contributed by atoms with Gasteiger partial charge >= 0.3 is 0 Å². The van der Waals surface area contributed by atoms with Crippen LogP contribution in [-0.4, -0.2) is 5.16 Å². The second-order valence-corrected chi connectivity index (χ2v) is 3.76. The van der Waals surface area contributed by atoms with Gasteiger partial charge in [0.15, 0.2) is 0 Å². The predicted octanol–water partition coefficient (Wildman–Crippen LogP) is 3.28. The number of nitrogens with zero attached hydrogens (tertiary/aromatic N) is 1. The molecule has 84 valence electrons. The Morgan fingerprint density at radius 1 is 1.50 bits per heavy atom. The Bertz CT molecular complexity index is 525. The topological polar surface area (TPSA) is 52.0 Å². The van der Waals surface area contributed by atoms with Crippen molar-refractivity contribution in [2.24, 2.45) is 0 Å². The molecule has 0 saturated carbocycles. The number of hydrogen-bond donors (Lipinski definition) is 1. The van der Waals surface area contributed by atoms with E-state index in [0.717, 1.165) is 5.56 Å². The van der Waals surface area contributed by atoms with Gasteiger partial charge in [-0.25, -0.2) is 4.39 Å². The van der Waals surface area contributed by atoms with Gasteiger partial charge in [0, 0.05) is 11.1 Å². The highest BCUT2D eigenvalue weighted by Gasteiger charge is 2.14. The molecular formula is C11H10ClFN2O. The number of nitrogens with two attached hydrogens (primary N) is 1. The summed E-state index contributed by atoms with van der Waals surface area (Å²) >= 11 is 5.60. The summed E-state index contributed by atoms with van der Waals surface area (Å²) in [6, 6.07) is 4.48. The molecule has 3 nitrogen and oxygen atoms in total. The van der Waals surface area contributed by atoms with Crippen molar-refractivity contribution in [2.75, 3.05) is 5.73 Å². The molecule has 0 aliphatic carbocycles. The quantitative estimate of drug-likeness (QED) is 0.876. The van der Waals surface area contributed by atoms with Gasteiger partial charge in [-0.05, 0) is 18.6 Å². The lowest BCUT2D eigenvalue weighted by molar-refractivity contribution is 0.438. The van der Waals surface area contributed by atoms with Gasteiger partial charge in [-0.15, -0.1) is 0 Å². The zero-order valence-corrected chi connectivity index (χ0v) is 9.38. The van der Waals surface area contributed by atoms with E-state index in [4.69, 9.17) is 21.9 Å². The molecule has 16 heavy (non-hydrogen) atoms. The Morgan fingerprint density at radius 2 is 2.25 bits per heavy atom. The summed E-state index contributed by atoms with van der Waals surface area (Å²) in [5.74, 6) is -0.212. The van der Waals surface area contributed by atoms with E-state index < -0.39 is 5.82 Å². The van der Waals surface area contributed by atoms with Crippen molar-refractivity contribution in [3.05, 3.63) is 34.6 Å². The molecular weight excluding hydrogens is 231 g/mol. The zero-order valence-electron chi connectivity index (χ0n) is 8.63. The average molecular weight is 241 g/mol. The van der Waals surface area contributed by atoms with Crippen molar-refractivity contribution in [1.82, 2.24) is 5.16 Å². The Labute approximate surface area is 97.0 Å². The fourth-order valence-corrected chi connectivity index (χ4v) is 1.65. The third-order valence-electron chi connectivity index (χ3n) is 2.37. The first-order valence-electron chi connectivity index (χ1n) is 4.83. The molecule has 0 radical (unpaired) electrons. The highest BCUT2D eigenvalue weighted by molar-refractivity contribution is 6.30. The Hall–Kier alpha value is -1.55. The minimum absolute atomic E-state index is 0.0817. The third kappa shape index (κ3) is 1.76. The van der Waals surface area contributed by atoms with Crippen LogP contribution in [0.4, 0.5) is 10.3 Å². The fraction of sp³-hybridized carbons (Fsp3) is 0.182. The third-order valence-corrected chi connectivity index (χ3v) is 2.67. The van der Waals surface area contributed by atoms with Crippen LogP contribution in [0.3, 0.4) is 0 Å². The van der Waals surface area contributed by atoms with Crippen LogP contribution in [0.2, 0.25) is 5.02 Å². The first kappa shape index (κ1) is 11.0. The molecule has 1 heterocycles. The Kier molecular flexibility index (Phi) is 2.83. The normalized spacial score (nSPS) is 10.7. The molecule has 0 unspecified atom stereocenters. The van der Waals surface area contributed by atoms with Crippen LogP contribution in [-0.2, 0) is 6.42 Å². The SMILES string of the molecule is CCc1c(-c2ccc(Cl)c(F)c2)noc1N. The number of anilines is 1. The van der Waals surface area contributed by atoms with Crippen LogP contribution >= 0.6 is 11.6 Å². The summed E-state index contributed by atoms with van der Waals surface area (Å²) in [5.41, 5.74) is 7.56. The maximum Gasteiger partial charge on any atom is 0.225 e. The summed E-state index contributed by atoms with van der Waals surface area (Å²) in [6.45, 7) is 1.93. The minimum atomic E-state index is -0.484. The molecule has 2 rings (SSSR count). The summed E-state index contributed by atoms with van der Waals surface area (Å²) in [7, 11) is 0. The maximum atomic E-state index is 13.3. The first-order valence-corrected chi connectivity index (χ1v) is 5.20. The van der Waals surface area contributed by atoms with E-state index in [-0.39, 0.29) is 10.9 Å². The molecule has 0 bridgehead atoms. The number of nitrogen functional groups attached to an aromatic ring is 1. The molecule has 0 spiro atoms. The van der Waals surface area contributed by atoms with E-state index in [1.165, 1.54) is 12.1 Å². The van der Waals surface area contributed by atoms with Crippen LogP contribution in [0, 0.1) is 5.82 Å². The summed E-state index contributed by atoms with van der Waals surface area (Å²) in [4.78, 5) is 0. The lowest BCUT2D eigenvalue weighted by Gasteiger charge is -2.00. The number of halogens is 2. The van der Waals surface area contributed by atoms with Crippen LogP contribution < -0.4 is 5.73 Å². The molecule has 0 saturated heterocycles. The smallest absolute Gasteiger partial charge is 0.225 e.